The highest BCUT2D eigenvalue weighted by molar-refractivity contribution is 5.90. The molecule has 2 aromatic heterocycles. The summed E-state index contributed by atoms with van der Waals surface area (Å²) in [5.74, 6) is 1.88. The molecule has 1 atom stereocenters. The molecule has 0 aliphatic carbocycles. The van der Waals surface area contributed by atoms with E-state index in [0.717, 1.165) is 54.6 Å². The van der Waals surface area contributed by atoms with Crippen molar-refractivity contribution < 1.29 is 0 Å². The van der Waals surface area contributed by atoms with Gasteiger partial charge in [-0.25, -0.2) is 15.0 Å². The number of pyridine rings is 1. The topological polar surface area (TPSA) is 48.4 Å². The molecule has 1 unspecified atom stereocenters. The summed E-state index contributed by atoms with van der Waals surface area (Å²) in [6, 6.07) is 2.13. The molecule has 2 aliphatic rings. The molecule has 2 fully saturated rings. The van der Waals surface area contributed by atoms with Crippen LogP contribution in [0.15, 0.2) is 12.4 Å². The van der Waals surface area contributed by atoms with Crippen molar-refractivity contribution in [2.75, 3.05) is 57.8 Å². The summed E-state index contributed by atoms with van der Waals surface area (Å²) in [5, 5.41) is 1.11. The van der Waals surface area contributed by atoms with Crippen molar-refractivity contribution in [1.82, 2.24) is 24.8 Å². The van der Waals surface area contributed by atoms with Gasteiger partial charge in [-0.05, 0) is 57.8 Å². The van der Waals surface area contributed by atoms with Crippen LogP contribution in [0.1, 0.15) is 24.1 Å². The van der Waals surface area contributed by atoms with Gasteiger partial charge in [0.05, 0.1) is 5.39 Å². The zero-order chi connectivity index (χ0) is 18.1. The zero-order valence-corrected chi connectivity index (χ0v) is 16.3. The van der Waals surface area contributed by atoms with E-state index < -0.39 is 0 Å². The standard InChI is InChI=1S/C20H30N6/c1-15-11-16(2)23-19-18(15)20(22-14-21-19)26-9-7-25(8-10-26)13-17-5-4-6-24(3)12-17/h11,14,17H,4-10,12-13H2,1-3H3. The van der Waals surface area contributed by atoms with Crippen LogP contribution in [0.3, 0.4) is 0 Å². The maximum absolute atomic E-state index is 4.62. The maximum atomic E-state index is 4.62. The Morgan fingerprint density at radius 2 is 1.88 bits per heavy atom. The van der Waals surface area contributed by atoms with Crippen molar-refractivity contribution in [2.45, 2.75) is 26.7 Å². The smallest absolute Gasteiger partial charge is 0.165 e. The first-order chi connectivity index (χ1) is 12.6. The van der Waals surface area contributed by atoms with Crippen molar-refractivity contribution in [3.8, 4) is 0 Å². The molecule has 6 nitrogen and oxygen atoms in total. The Bertz CT molecular complexity index is 768. The van der Waals surface area contributed by atoms with Crippen LogP contribution in [0, 0.1) is 19.8 Å². The second-order valence-corrected chi connectivity index (χ2v) is 8.03. The first kappa shape index (κ1) is 17.6. The molecule has 0 saturated carbocycles. The molecule has 0 bridgehead atoms. The number of anilines is 1. The van der Waals surface area contributed by atoms with Gasteiger partial charge in [-0.2, -0.15) is 0 Å². The van der Waals surface area contributed by atoms with E-state index in [0.29, 0.717) is 0 Å². The molecule has 2 aliphatic heterocycles. The molecular formula is C20H30N6. The second-order valence-electron chi connectivity index (χ2n) is 8.03. The number of piperidine rings is 1. The number of nitrogens with zero attached hydrogens (tertiary/aromatic N) is 6. The monoisotopic (exact) mass is 354 g/mol. The lowest BCUT2D eigenvalue weighted by molar-refractivity contribution is 0.147. The van der Waals surface area contributed by atoms with Crippen molar-refractivity contribution in [3.05, 3.63) is 23.7 Å². The van der Waals surface area contributed by atoms with Crippen LogP contribution < -0.4 is 4.90 Å². The molecule has 0 N–H and O–H groups in total. The van der Waals surface area contributed by atoms with E-state index in [4.69, 9.17) is 0 Å². The normalized spacial score (nSPS) is 22.9. The van der Waals surface area contributed by atoms with E-state index >= 15 is 0 Å². The van der Waals surface area contributed by atoms with Gasteiger partial charge in [0, 0.05) is 45.0 Å². The molecule has 0 spiro atoms. The van der Waals surface area contributed by atoms with Crippen molar-refractivity contribution in [1.29, 1.82) is 0 Å². The molecule has 4 heterocycles. The number of fused-ring (bicyclic) bond motifs is 1. The minimum atomic E-state index is 0.820. The first-order valence-corrected chi connectivity index (χ1v) is 9.85. The Morgan fingerprint density at radius 1 is 1.08 bits per heavy atom. The quantitative estimate of drug-likeness (QED) is 0.841. The van der Waals surface area contributed by atoms with E-state index in [9.17, 15) is 0 Å². The third-order valence-electron chi connectivity index (χ3n) is 5.82. The molecule has 6 heteroatoms. The number of piperazine rings is 1. The summed E-state index contributed by atoms with van der Waals surface area (Å²) in [4.78, 5) is 21.1. The highest BCUT2D eigenvalue weighted by Gasteiger charge is 2.24. The maximum Gasteiger partial charge on any atom is 0.165 e. The minimum absolute atomic E-state index is 0.820. The number of aryl methyl sites for hydroxylation is 2. The molecule has 0 amide bonds. The predicted octanol–water partition coefficient (Wildman–Crippen LogP) is 2.11. The minimum Gasteiger partial charge on any atom is -0.353 e. The fourth-order valence-corrected chi connectivity index (χ4v) is 4.56. The van der Waals surface area contributed by atoms with E-state index in [1.807, 2.05) is 6.92 Å². The molecule has 0 radical (unpaired) electrons. The number of hydrogen-bond donors (Lipinski definition) is 0. The van der Waals surface area contributed by atoms with Crippen molar-refractivity contribution >= 4 is 16.9 Å². The van der Waals surface area contributed by atoms with Crippen LogP contribution >= 0.6 is 0 Å². The largest absolute Gasteiger partial charge is 0.353 e. The summed E-state index contributed by atoms with van der Waals surface area (Å²) in [6.45, 7) is 12.2. The Morgan fingerprint density at radius 3 is 2.65 bits per heavy atom. The third-order valence-corrected chi connectivity index (χ3v) is 5.82. The van der Waals surface area contributed by atoms with Crippen LogP contribution in [0.25, 0.3) is 11.0 Å². The molecular weight excluding hydrogens is 324 g/mol. The van der Waals surface area contributed by atoms with Gasteiger partial charge in [-0.1, -0.05) is 0 Å². The van der Waals surface area contributed by atoms with Crippen LogP contribution in [0.4, 0.5) is 5.82 Å². The molecule has 140 valence electrons. The highest BCUT2D eigenvalue weighted by Crippen LogP contribution is 2.27. The number of likely N-dealkylation sites (tertiary alicyclic amines) is 1. The van der Waals surface area contributed by atoms with E-state index in [2.05, 4.69) is 49.7 Å². The Labute approximate surface area is 156 Å². The first-order valence-electron chi connectivity index (χ1n) is 9.85. The SMILES string of the molecule is Cc1cc(C)c2c(N3CCN(CC4CCCN(C)C4)CC3)ncnc2n1. The molecule has 4 rings (SSSR count). The summed E-state index contributed by atoms with van der Waals surface area (Å²) >= 11 is 0. The summed E-state index contributed by atoms with van der Waals surface area (Å²) < 4.78 is 0. The number of rotatable bonds is 3. The van der Waals surface area contributed by atoms with Crippen LogP contribution in [0.5, 0.6) is 0 Å². The van der Waals surface area contributed by atoms with Crippen molar-refractivity contribution in [2.24, 2.45) is 5.92 Å². The van der Waals surface area contributed by atoms with Gasteiger partial charge >= 0.3 is 0 Å². The Kier molecular flexibility index (Phi) is 5.05. The van der Waals surface area contributed by atoms with Gasteiger partial charge in [0.25, 0.3) is 0 Å². The highest BCUT2D eigenvalue weighted by atomic mass is 15.3. The Balaban J connectivity index is 1.44. The number of aromatic nitrogens is 3. The fourth-order valence-electron chi connectivity index (χ4n) is 4.56. The van der Waals surface area contributed by atoms with E-state index in [-0.39, 0.29) is 0 Å². The van der Waals surface area contributed by atoms with Gasteiger partial charge in [0.2, 0.25) is 0 Å². The van der Waals surface area contributed by atoms with Crippen molar-refractivity contribution in [3.63, 3.8) is 0 Å². The van der Waals surface area contributed by atoms with E-state index in [1.165, 1.54) is 38.0 Å². The summed E-state index contributed by atoms with van der Waals surface area (Å²) in [5.41, 5.74) is 3.05. The van der Waals surface area contributed by atoms with Gasteiger partial charge < -0.3 is 9.80 Å². The lowest BCUT2D eigenvalue weighted by Gasteiger charge is -2.39. The summed E-state index contributed by atoms with van der Waals surface area (Å²) in [6.07, 6.45) is 4.39. The van der Waals surface area contributed by atoms with Gasteiger partial charge in [-0.3, -0.25) is 4.90 Å². The third kappa shape index (κ3) is 3.67. The van der Waals surface area contributed by atoms with Crippen LogP contribution in [0.2, 0.25) is 0 Å². The average Bonchev–Trinajstić information content (AvgIpc) is 2.61. The second kappa shape index (κ2) is 7.45. The number of hydrogen-bond acceptors (Lipinski definition) is 6. The Hall–Kier alpha value is -1.79. The molecule has 26 heavy (non-hydrogen) atoms. The lowest BCUT2D eigenvalue weighted by atomic mass is 9.97. The van der Waals surface area contributed by atoms with E-state index in [1.54, 1.807) is 6.33 Å². The lowest BCUT2D eigenvalue weighted by Crippen LogP contribution is -2.49. The van der Waals surface area contributed by atoms with Gasteiger partial charge in [0.15, 0.2) is 5.65 Å². The average molecular weight is 355 g/mol. The zero-order valence-electron chi connectivity index (χ0n) is 16.3. The molecule has 2 aromatic rings. The molecule has 2 saturated heterocycles. The summed E-state index contributed by atoms with van der Waals surface area (Å²) in [7, 11) is 2.25. The van der Waals surface area contributed by atoms with Gasteiger partial charge in [0.1, 0.15) is 12.1 Å². The predicted molar refractivity (Wildman–Crippen MR) is 106 cm³/mol. The fraction of sp³-hybridized carbons (Fsp3) is 0.650. The van der Waals surface area contributed by atoms with Crippen LogP contribution in [-0.4, -0.2) is 77.6 Å². The van der Waals surface area contributed by atoms with Gasteiger partial charge in [-0.15, -0.1) is 0 Å². The van der Waals surface area contributed by atoms with Crippen LogP contribution in [-0.2, 0) is 0 Å². The molecule has 0 aromatic carbocycles.